The average Bonchev–Trinajstić information content (AvgIpc) is 2.95. The van der Waals surface area contributed by atoms with Gasteiger partial charge in [0.15, 0.2) is 0 Å². The van der Waals surface area contributed by atoms with Crippen LogP contribution in [-0.2, 0) is 4.79 Å². The number of nitrogens with zero attached hydrogens (tertiary/aromatic N) is 2. The van der Waals surface area contributed by atoms with Crippen LogP contribution >= 0.6 is 24.0 Å². The summed E-state index contributed by atoms with van der Waals surface area (Å²) in [4.78, 5) is 12.5. The van der Waals surface area contributed by atoms with Crippen LogP contribution in [-0.4, -0.2) is 28.3 Å². The second-order valence-corrected chi connectivity index (χ2v) is 6.11. The third kappa shape index (κ3) is 4.25. The number of piperidine rings is 1. The largest absolute Gasteiger partial charge is 0.314 e. The van der Waals surface area contributed by atoms with Crippen LogP contribution in [0.3, 0.4) is 0 Å². The van der Waals surface area contributed by atoms with Crippen molar-refractivity contribution in [2.75, 3.05) is 11.9 Å². The molecule has 1 fully saturated rings. The van der Waals surface area contributed by atoms with Gasteiger partial charge in [0.05, 0.1) is 11.9 Å². The van der Waals surface area contributed by atoms with E-state index in [0.717, 1.165) is 25.1 Å². The van der Waals surface area contributed by atoms with Crippen LogP contribution in [0, 0.1) is 5.92 Å². The summed E-state index contributed by atoms with van der Waals surface area (Å²) in [6.45, 7) is 2.99. The molecule has 2 atom stereocenters. The zero-order valence-corrected chi connectivity index (χ0v) is 14.4. The molecule has 5 nitrogen and oxygen atoms in total. The molecule has 2 aromatic rings. The van der Waals surface area contributed by atoms with E-state index in [1.165, 1.54) is 0 Å². The molecule has 0 unspecified atom stereocenters. The summed E-state index contributed by atoms with van der Waals surface area (Å²) in [5, 5.41) is 11.3. The molecule has 0 bridgehead atoms. The fraction of sp³-hybridized carbons (Fsp3) is 0.375. The Morgan fingerprint density at radius 2 is 2.26 bits per heavy atom. The van der Waals surface area contributed by atoms with E-state index in [-0.39, 0.29) is 24.2 Å². The van der Waals surface area contributed by atoms with Gasteiger partial charge >= 0.3 is 0 Å². The Morgan fingerprint density at radius 3 is 3.00 bits per heavy atom. The van der Waals surface area contributed by atoms with E-state index in [1.54, 1.807) is 16.9 Å². The van der Waals surface area contributed by atoms with E-state index in [2.05, 4.69) is 22.7 Å². The highest BCUT2D eigenvalue weighted by Gasteiger charge is 2.25. The molecule has 0 spiro atoms. The number of hydrogen-bond donors (Lipinski definition) is 2. The molecular formula is C16H20Cl2N4O. The lowest BCUT2D eigenvalue weighted by Gasteiger charge is -2.27. The number of rotatable bonds is 3. The van der Waals surface area contributed by atoms with Crippen molar-refractivity contribution >= 4 is 35.7 Å². The molecule has 3 rings (SSSR count). The van der Waals surface area contributed by atoms with E-state index >= 15 is 0 Å². The Morgan fingerprint density at radius 1 is 1.43 bits per heavy atom. The first kappa shape index (κ1) is 17.8. The van der Waals surface area contributed by atoms with Crippen LogP contribution in [0.5, 0.6) is 0 Å². The number of anilines is 1. The van der Waals surface area contributed by atoms with Crippen molar-refractivity contribution in [1.82, 2.24) is 15.1 Å². The van der Waals surface area contributed by atoms with Gasteiger partial charge in [0.25, 0.3) is 0 Å². The molecule has 2 heterocycles. The number of nitrogens with one attached hydrogen (secondary N) is 2. The van der Waals surface area contributed by atoms with Crippen molar-refractivity contribution in [3.63, 3.8) is 0 Å². The van der Waals surface area contributed by atoms with Crippen molar-refractivity contribution < 1.29 is 4.79 Å². The normalized spacial score (nSPS) is 20.6. The molecule has 23 heavy (non-hydrogen) atoms. The molecule has 1 saturated heterocycles. The molecular weight excluding hydrogens is 335 g/mol. The lowest BCUT2D eigenvalue weighted by molar-refractivity contribution is -0.120. The van der Waals surface area contributed by atoms with Gasteiger partial charge in [0.2, 0.25) is 5.91 Å². The quantitative estimate of drug-likeness (QED) is 0.889. The van der Waals surface area contributed by atoms with E-state index in [9.17, 15) is 4.79 Å². The van der Waals surface area contributed by atoms with Crippen LogP contribution in [0.15, 0.2) is 36.5 Å². The third-order valence-corrected chi connectivity index (χ3v) is 4.18. The number of aromatic nitrogens is 2. The summed E-state index contributed by atoms with van der Waals surface area (Å²) in [5.74, 6) is 0.759. The third-order valence-electron chi connectivity index (χ3n) is 3.94. The van der Waals surface area contributed by atoms with E-state index in [1.807, 2.05) is 24.3 Å². The van der Waals surface area contributed by atoms with Gasteiger partial charge in [-0.15, -0.1) is 12.4 Å². The highest BCUT2D eigenvalue weighted by Crippen LogP contribution is 2.21. The Bertz CT molecular complexity index is 674. The first-order valence-electron chi connectivity index (χ1n) is 7.47. The van der Waals surface area contributed by atoms with E-state index in [0.29, 0.717) is 16.9 Å². The van der Waals surface area contributed by atoms with Crippen molar-refractivity contribution in [2.45, 2.75) is 25.8 Å². The number of benzene rings is 1. The predicted octanol–water partition coefficient (Wildman–Crippen LogP) is 3.27. The smallest absolute Gasteiger partial charge is 0.228 e. The van der Waals surface area contributed by atoms with Crippen LogP contribution in [0.1, 0.15) is 19.8 Å². The highest BCUT2D eigenvalue weighted by atomic mass is 35.5. The SMILES string of the molecule is C[C@H]1C[C@@H](C(=O)Nc2ccnn2-c2cccc(Cl)c2)CCN1.Cl. The standard InChI is InChI=1S/C16H19ClN4O.ClH/c1-11-9-12(5-7-18-11)16(22)20-15-6-8-19-21(15)14-4-2-3-13(17)10-14;/h2-4,6,8,10-12,18H,5,7,9H2,1H3,(H,20,22);1H/t11-,12-;/m0./s1. The summed E-state index contributed by atoms with van der Waals surface area (Å²) in [5.41, 5.74) is 0.825. The predicted molar refractivity (Wildman–Crippen MR) is 94.6 cm³/mol. The Labute approximate surface area is 146 Å². The summed E-state index contributed by atoms with van der Waals surface area (Å²) in [7, 11) is 0. The molecule has 7 heteroatoms. The minimum Gasteiger partial charge on any atom is -0.314 e. The van der Waals surface area contributed by atoms with Crippen LogP contribution in [0.4, 0.5) is 5.82 Å². The Hall–Kier alpha value is -1.56. The second kappa shape index (κ2) is 7.81. The van der Waals surface area contributed by atoms with E-state index in [4.69, 9.17) is 11.6 Å². The summed E-state index contributed by atoms with van der Waals surface area (Å²) in [6, 6.07) is 9.56. The zero-order chi connectivity index (χ0) is 15.5. The second-order valence-electron chi connectivity index (χ2n) is 5.67. The molecule has 1 aliphatic rings. The van der Waals surface area contributed by atoms with Crippen LogP contribution < -0.4 is 10.6 Å². The number of hydrogen-bond acceptors (Lipinski definition) is 3. The molecule has 0 aliphatic carbocycles. The van der Waals surface area contributed by atoms with Gasteiger partial charge in [-0.2, -0.15) is 5.10 Å². The van der Waals surface area contributed by atoms with Crippen molar-refractivity contribution in [1.29, 1.82) is 0 Å². The number of halogens is 2. The number of amides is 1. The number of carbonyl (C=O) groups is 1. The summed E-state index contributed by atoms with van der Waals surface area (Å²) < 4.78 is 1.69. The maximum absolute atomic E-state index is 12.5. The fourth-order valence-electron chi connectivity index (χ4n) is 2.81. The molecule has 1 amide bonds. The van der Waals surface area contributed by atoms with Gasteiger partial charge in [-0.3, -0.25) is 4.79 Å². The van der Waals surface area contributed by atoms with Crippen molar-refractivity contribution in [2.24, 2.45) is 5.92 Å². The lowest BCUT2D eigenvalue weighted by Crippen LogP contribution is -2.40. The zero-order valence-electron chi connectivity index (χ0n) is 12.8. The summed E-state index contributed by atoms with van der Waals surface area (Å²) >= 11 is 6.02. The number of carbonyl (C=O) groups excluding carboxylic acids is 1. The van der Waals surface area contributed by atoms with Gasteiger partial charge in [-0.05, 0) is 44.5 Å². The van der Waals surface area contributed by atoms with Gasteiger partial charge in [0.1, 0.15) is 5.82 Å². The van der Waals surface area contributed by atoms with Crippen LogP contribution in [0.2, 0.25) is 5.02 Å². The maximum atomic E-state index is 12.5. The molecule has 1 aliphatic heterocycles. The first-order valence-corrected chi connectivity index (χ1v) is 7.85. The average molecular weight is 355 g/mol. The van der Waals surface area contributed by atoms with E-state index < -0.39 is 0 Å². The maximum Gasteiger partial charge on any atom is 0.228 e. The minimum atomic E-state index is 0. The molecule has 0 saturated carbocycles. The van der Waals surface area contributed by atoms with Gasteiger partial charge in [-0.25, -0.2) is 4.68 Å². The Balaban J connectivity index is 0.00000192. The molecule has 0 radical (unpaired) electrons. The molecule has 124 valence electrons. The fourth-order valence-corrected chi connectivity index (χ4v) is 2.99. The minimum absolute atomic E-state index is 0. The van der Waals surface area contributed by atoms with Gasteiger partial charge in [0, 0.05) is 23.0 Å². The Kier molecular flexibility index (Phi) is 6.04. The van der Waals surface area contributed by atoms with Crippen molar-refractivity contribution in [3.05, 3.63) is 41.6 Å². The topological polar surface area (TPSA) is 59.0 Å². The van der Waals surface area contributed by atoms with Gasteiger partial charge < -0.3 is 10.6 Å². The van der Waals surface area contributed by atoms with Crippen LogP contribution in [0.25, 0.3) is 5.69 Å². The summed E-state index contributed by atoms with van der Waals surface area (Å²) in [6.07, 6.45) is 3.39. The lowest BCUT2D eigenvalue weighted by atomic mass is 9.92. The highest BCUT2D eigenvalue weighted by molar-refractivity contribution is 6.30. The monoisotopic (exact) mass is 354 g/mol. The van der Waals surface area contributed by atoms with Crippen molar-refractivity contribution in [3.8, 4) is 5.69 Å². The molecule has 2 N–H and O–H groups in total. The first-order chi connectivity index (χ1) is 10.6. The molecule has 1 aromatic heterocycles. The van der Waals surface area contributed by atoms with Gasteiger partial charge in [-0.1, -0.05) is 17.7 Å². The molecule has 1 aromatic carbocycles.